The topological polar surface area (TPSA) is 114 Å². The van der Waals surface area contributed by atoms with Crippen LogP contribution in [0.15, 0.2) is 18.2 Å². The van der Waals surface area contributed by atoms with Gasteiger partial charge in [0.1, 0.15) is 17.7 Å². The number of nitrogens with zero attached hydrogens (tertiary/aromatic N) is 1. The molecule has 3 amide bonds. The Labute approximate surface area is 220 Å². The molecule has 0 aliphatic carbocycles. The lowest BCUT2D eigenvalue weighted by atomic mass is 9.97. The number of ether oxygens (including phenoxy) is 2. The Balaban J connectivity index is 3.32. The first-order valence-corrected chi connectivity index (χ1v) is 12.8. The second kappa shape index (κ2) is 14.1. The van der Waals surface area contributed by atoms with Crippen LogP contribution in [0.2, 0.25) is 0 Å². The van der Waals surface area contributed by atoms with Gasteiger partial charge in [-0.15, -0.1) is 0 Å². The van der Waals surface area contributed by atoms with Gasteiger partial charge in [-0.2, -0.15) is 12.6 Å². The Morgan fingerprint density at radius 1 is 1.08 bits per heavy atom. The molecule has 0 bridgehead atoms. The molecule has 36 heavy (non-hydrogen) atoms. The van der Waals surface area contributed by atoms with Crippen molar-refractivity contribution in [3.8, 4) is 0 Å². The van der Waals surface area contributed by atoms with Gasteiger partial charge >= 0.3 is 12.1 Å². The van der Waals surface area contributed by atoms with E-state index in [-0.39, 0.29) is 25.3 Å². The third-order valence-corrected chi connectivity index (χ3v) is 5.65. The summed E-state index contributed by atoms with van der Waals surface area (Å²) in [6, 6.07) is 3.14. The standard InChI is InChI=1S/C26H41N3O6S/c1-9-34-21(30)12-13-27-23(31)22(19-11-10-17(4)18(5)14-19)29(16(2)3)24(32)20(15-36)28-25(33)35-26(6,7)8/h10-11,14,16,20,22,36H,9,12-13,15H2,1-8H3,(H,27,31)(H,28,33). The van der Waals surface area contributed by atoms with Crippen molar-refractivity contribution in [2.45, 2.75) is 85.5 Å². The Morgan fingerprint density at radius 2 is 1.72 bits per heavy atom. The minimum absolute atomic E-state index is 0.00538. The molecule has 2 N–H and O–H groups in total. The van der Waals surface area contributed by atoms with E-state index in [1.165, 1.54) is 4.90 Å². The highest BCUT2D eigenvalue weighted by Crippen LogP contribution is 2.27. The molecule has 0 aromatic heterocycles. The summed E-state index contributed by atoms with van der Waals surface area (Å²) in [4.78, 5) is 52.7. The molecule has 0 heterocycles. The number of hydrogen-bond acceptors (Lipinski definition) is 7. The molecule has 2 atom stereocenters. The summed E-state index contributed by atoms with van der Waals surface area (Å²) < 4.78 is 10.2. The van der Waals surface area contributed by atoms with Crippen molar-refractivity contribution in [1.82, 2.24) is 15.5 Å². The van der Waals surface area contributed by atoms with Crippen molar-refractivity contribution in [1.29, 1.82) is 0 Å². The first kappa shape index (κ1) is 31.3. The Hall–Kier alpha value is -2.75. The molecule has 9 nitrogen and oxygen atoms in total. The van der Waals surface area contributed by atoms with Crippen LogP contribution in [0.4, 0.5) is 4.79 Å². The summed E-state index contributed by atoms with van der Waals surface area (Å²) in [6.07, 6.45) is -0.742. The van der Waals surface area contributed by atoms with E-state index in [2.05, 4.69) is 23.3 Å². The van der Waals surface area contributed by atoms with Crippen molar-refractivity contribution in [2.24, 2.45) is 0 Å². The highest BCUT2D eigenvalue weighted by atomic mass is 32.1. The van der Waals surface area contributed by atoms with E-state index in [0.717, 1.165) is 11.1 Å². The number of nitrogens with one attached hydrogen (secondary N) is 2. The van der Waals surface area contributed by atoms with Crippen LogP contribution >= 0.6 is 12.6 Å². The first-order valence-electron chi connectivity index (χ1n) is 12.1. The van der Waals surface area contributed by atoms with Crippen molar-refractivity contribution in [2.75, 3.05) is 18.9 Å². The molecule has 202 valence electrons. The fourth-order valence-corrected chi connectivity index (χ4v) is 3.73. The summed E-state index contributed by atoms with van der Waals surface area (Å²) in [6.45, 7) is 14.7. The zero-order valence-corrected chi connectivity index (χ0v) is 23.5. The van der Waals surface area contributed by atoms with Gasteiger partial charge in [0.05, 0.1) is 13.0 Å². The number of esters is 1. The second-order valence-corrected chi connectivity index (χ2v) is 10.2. The smallest absolute Gasteiger partial charge is 0.408 e. The number of aryl methyl sites for hydroxylation is 2. The summed E-state index contributed by atoms with van der Waals surface area (Å²) in [5, 5.41) is 5.33. The molecule has 0 saturated carbocycles. The summed E-state index contributed by atoms with van der Waals surface area (Å²) >= 11 is 4.27. The van der Waals surface area contributed by atoms with Crippen molar-refractivity contribution in [3.63, 3.8) is 0 Å². The van der Waals surface area contributed by atoms with Crippen LogP contribution in [-0.2, 0) is 23.9 Å². The SMILES string of the molecule is CCOC(=O)CCNC(=O)C(c1ccc(C)c(C)c1)N(C(=O)C(CS)NC(=O)OC(C)(C)C)C(C)C. The van der Waals surface area contributed by atoms with Crippen molar-refractivity contribution < 1.29 is 28.7 Å². The van der Waals surface area contributed by atoms with Crippen LogP contribution in [0.3, 0.4) is 0 Å². The van der Waals surface area contributed by atoms with Crippen LogP contribution in [0.1, 0.15) is 70.7 Å². The molecule has 1 rings (SSSR count). The Kier molecular flexibility index (Phi) is 12.3. The average molecular weight is 524 g/mol. The average Bonchev–Trinajstić information content (AvgIpc) is 2.75. The maximum Gasteiger partial charge on any atom is 0.408 e. The molecule has 0 aliphatic rings. The lowest BCUT2D eigenvalue weighted by Gasteiger charge is -2.37. The fraction of sp³-hybridized carbons (Fsp3) is 0.615. The third-order valence-electron chi connectivity index (χ3n) is 5.29. The van der Waals surface area contributed by atoms with E-state index in [4.69, 9.17) is 9.47 Å². The Bertz CT molecular complexity index is 929. The third kappa shape index (κ3) is 9.72. The second-order valence-electron chi connectivity index (χ2n) is 9.81. The predicted octanol–water partition coefficient (Wildman–Crippen LogP) is 3.47. The van der Waals surface area contributed by atoms with Gasteiger partial charge in [0.2, 0.25) is 11.8 Å². The summed E-state index contributed by atoms with van der Waals surface area (Å²) in [7, 11) is 0. The van der Waals surface area contributed by atoms with Gasteiger partial charge in [-0.1, -0.05) is 18.2 Å². The van der Waals surface area contributed by atoms with Crippen LogP contribution in [0.5, 0.6) is 0 Å². The number of alkyl carbamates (subject to hydrolysis) is 1. The quantitative estimate of drug-likeness (QED) is 0.302. The monoisotopic (exact) mass is 523 g/mol. The molecule has 1 aromatic carbocycles. The van der Waals surface area contributed by atoms with Crippen molar-refractivity contribution in [3.05, 3.63) is 34.9 Å². The number of rotatable bonds is 11. The van der Waals surface area contributed by atoms with E-state index >= 15 is 0 Å². The fourth-order valence-electron chi connectivity index (χ4n) is 3.49. The Morgan fingerprint density at radius 3 is 2.22 bits per heavy atom. The van der Waals surface area contributed by atoms with E-state index in [1.807, 2.05) is 26.0 Å². The molecule has 10 heteroatoms. The molecule has 0 fully saturated rings. The van der Waals surface area contributed by atoms with Crippen LogP contribution in [-0.4, -0.2) is 65.4 Å². The van der Waals surface area contributed by atoms with Gasteiger partial charge < -0.3 is 25.0 Å². The van der Waals surface area contributed by atoms with Crippen LogP contribution in [0.25, 0.3) is 0 Å². The van der Waals surface area contributed by atoms with E-state index in [9.17, 15) is 19.2 Å². The maximum absolute atomic E-state index is 13.7. The minimum Gasteiger partial charge on any atom is -0.466 e. The van der Waals surface area contributed by atoms with Gasteiger partial charge in [-0.3, -0.25) is 14.4 Å². The minimum atomic E-state index is -1.02. The molecule has 0 spiro atoms. The number of carbonyl (C=O) groups excluding carboxylic acids is 4. The zero-order valence-electron chi connectivity index (χ0n) is 22.6. The normalized spacial score (nSPS) is 12.9. The van der Waals surface area contributed by atoms with Gasteiger partial charge in [0.15, 0.2) is 0 Å². The van der Waals surface area contributed by atoms with Crippen molar-refractivity contribution >= 4 is 36.5 Å². The molecule has 2 unspecified atom stereocenters. The molecule has 0 aliphatic heterocycles. The van der Waals surface area contributed by atoms with Gasteiger partial charge in [0.25, 0.3) is 0 Å². The van der Waals surface area contributed by atoms with Gasteiger partial charge in [-0.25, -0.2) is 4.79 Å². The first-order chi connectivity index (χ1) is 16.7. The predicted molar refractivity (Wildman–Crippen MR) is 142 cm³/mol. The molecule has 0 radical (unpaired) electrons. The van der Waals surface area contributed by atoms with E-state index < -0.39 is 47.6 Å². The van der Waals surface area contributed by atoms with Gasteiger partial charge in [-0.05, 0) is 72.1 Å². The molecule has 1 aromatic rings. The highest BCUT2D eigenvalue weighted by molar-refractivity contribution is 7.80. The number of benzene rings is 1. The maximum atomic E-state index is 13.7. The summed E-state index contributed by atoms with van der Waals surface area (Å²) in [5.74, 6) is -1.34. The van der Waals surface area contributed by atoms with E-state index in [0.29, 0.717) is 5.56 Å². The lowest BCUT2D eigenvalue weighted by molar-refractivity contribution is -0.145. The number of carbonyl (C=O) groups is 4. The van der Waals surface area contributed by atoms with E-state index in [1.54, 1.807) is 47.6 Å². The largest absolute Gasteiger partial charge is 0.466 e. The van der Waals surface area contributed by atoms with Crippen LogP contribution in [0, 0.1) is 13.8 Å². The molecule has 0 saturated heterocycles. The molecular formula is C26H41N3O6S. The number of thiol groups is 1. The number of amides is 3. The molecular weight excluding hydrogens is 482 g/mol. The number of hydrogen-bond donors (Lipinski definition) is 3. The highest BCUT2D eigenvalue weighted by Gasteiger charge is 2.37. The summed E-state index contributed by atoms with van der Waals surface area (Å²) in [5.41, 5.74) is 1.88. The zero-order chi connectivity index (χ0) is 27.6. The lowest BCUT2D eigenvalue weighted by Crippen LogP contribution is -2.55. The van der Waals surface area contributed by atoms with Crippen LogP contribution < -0.4 is 10.6 Å². The van der Waals surface area contributed by atoms with Gasteiger partial charge in [0, 0.05) is 18.3 Å².